The smallest absolute Gasteiger partial charge is 0.266 e. The number of imide groups is 1. The van der Waals surface area contributed by atoms with Crippen LogP contribution in [-0.4, -0.2) is 17.9 Å². The number of furan rings is 1. The first-order valence-corrected chi connectivity index (χ1v) is 9.21. The zero-order valence-corrected chi connectivity index (χ0v) is 15.3. The highest BCUT2D eigenvalue weighted by Crippen LogP contribution is 2.47. The Morgan fingerprint density at radius 1 is 0.821 bits per heavy atom. The lowest BCUT2D eigenvalue weighted by Crippen LogP contribution is -2.37. The SMILES string of the molecule is O=C1[C@@H]2[C@@H](ON(c3ccccc3)[C@H]2c2ccco2)C(=O)N1c1ccc(Cl)cc1. The number of benzene rings is 2. The maximum Gasteiger partial charge on any atom is 0.266 e. The van der Waals surface area contributed by atoms with Gasteiger partial charge in [-0.1, -0.05) is 29.8 Å². The molecule has 2 saturated heterocycles. The van der Waals surface area contributed by atoms with E-state index in [0.29, 0.717) is 16.5 Å². The van der Waals surface area contributed by atoms with E-state index in [2.05, 4.69) is 0 Å². The molecule has 0 N–H and O–H groups in total. The predicted octanol–water partition coefficient (Wildman–Crippen LogP) is 3.98. The first-order chi connectivity index (χ1) is 13.6. The minimum absolute atomic E-state index is 0.322. The van der Waals surface area contributed by atoms with Crippen molar-refractivity contribution in [3.8, 4) is 0 Å². The van der Waals surface area contributed by atoms with Crippen LogP contribution in [0.3, 0.4) is 0 Å². The molecular weight excluding hydrogens is 380 g/mol. The van der Waals surface area contributed by atoms with Crippen LogP contribution >= 0.6 is 11.6 Å². The Morgan fingerprint density at radius 3 is 2.25 bits per heavy atom. The van der Waals surface area contributed by atoms with Gasteiger partial charge in [0.1, 0.15) is 17.7 Å². The number of hydroxylamine groups is 1. The Balaban J connectivity index is 1.56. The normalized spacial score (nSPS) is 24.1. The minimum Gasteiger partial charge on any atom is -0.467 e. The van der Waals surface area contributed by atoms with Crippen molar-refractivity contribution < 1.29 is 18.8 Å². The van der Waals surface area contributed by atoms with Crippen LogP contribution in [0.1, 0.15) is 11.8 Å². The molecule has 3 atom stereocenters. The molecule has 1 aromatic heterocycles. The van der Waals surface area contributed by atoms with E-state index in [1.165, 1.54) is 4.90 Å². The molecule has 2 aliphatic rings. The standard InChI is InChI=1S/C21H15ClN2O4/c22-13-8-10-14(11-9-13)23-20(25)17-18(16-7-4-12-27-16)24(28-19(17)21(23)26)15-5-2-1-3-6-15/h1-12,17-19H/t17-,18-,19+/m0/s1. The maximum atomic E-state index is 13.3. The number of para-hydroxylation sites is 1. The Hall–Kier alpha value is -3.09. The highest BCUT2D eigenvalue weighted by Gasteiger charge is 2.61. The van der Waals surface area contributed by atoms with E-state index in [4.69, 9.17) is 20.9 Å². The van der Waals surface area contributed by atoms with Crippen molar-refractivity contribution in [3.05, 3.63) is 83.8 Å². The molecule has 3 heterocycles. The lowest BCUT2D eigenvalue weighted by molar-refractivity contribution is -0.126. The van der Waals surface area contributed by atoms with Crippen molar-refractivity contribution in [2.75, 3.05) is 9.96 Å². The lowest BCUT2D eigenvalue weighted by Gasteiger charge is -2.27. The highest BCUT2D eigenvalue weighted by atomic mass is 35.5. The third-order valence-electron chi connectivity index (χ3n) is 5.05. The quantitative estimate of drug-likeness (QED) is 0.629. The average molecular weight is 395 g/mol. The van der Waals surface area contributed by atoms with E-state index in [1.807, 2.05) is 30.3 Å². The molecular formula is C21H15ClN2O4. The number of hydrogen-bond donors (Lipinski definition) is 0. The Morgan fingerprint density at radius 2 is 1.57 bits per heavy atom. The highest BCUT2D eigenvalue weighted by molar-refractivity contribution is 6.31. The van der Waals surface area contributed by atoms with E-state index in [1.54, 1.807) is 47.7 Å². The summed E-state index contributed by atoms with van der Waals surface area (Å²) < 4.78 is 5.60. The molecule has 0 bridgehead atoms. The number of hydrogen-bond acceptors (Lipinski definition) is 5. The second-order valence-corrected chi connectivity index (χ2v) is 7.10. The van der Waals surface area contributed by atoms with E-state index < -0.39 is 24.0 Å². The molecule has 0 spiro atoms. The third-order valence-corrected chi connectivity index (χ3v) is 5.30. The van der Waals surface area contributed by atoms with E-state index >= 15 is 0 Å². The van der Waals surface area contributed by atoms with E-state index in [-0.39, 0.29) is 5.91 Å². The summed E-state index contributed by atoms with van der Waals surface area (Å²) in [7, 11) is 0. The molecule has 0 unspecified atom stereocenters. The predicted molar refractivity (Wildman–Crippen MR) is 103 cm³/mol. The molecule has 6 nitrogen and oxygen atoms in total. The van der Waals surface area contributed by atoms with Crippen molar-refractivity contribution in [2.45, 2.75) is 12.1 Å². The fourth-order valence-electron chi connectivity index (χ4n) is 3.81. The molecule has 2 aliphatic heterocycles. The number of carbonyl (C=O) groups is 2. The zero-order valence-electron chi connectivity index (χ0n) is 14.6. The first-order valence-electron chi connectivity index (χ1n) is 8.83. The van der Waals surface area contributed by atoms with Crippen molar-refractivity contribution in [1.82, 2.24) is 0 Å². The Labute approximate surface area is 165 Å². The van der Waals surface area contributed by atoms with Crippen LogP contribution in [-0.2, 0) is 14.4 Å². The number of halogens is 1. The van der Waals surface area contributed by atoms with Gasteiger partial charge in [-0.05, 0) is 48.5 Å². The Kier molecular flexibility index (Phi) is 3.96. The van der Waals surface area contributed by atoms with Gasteiger partial charge in [0.05, 0.1) is 17.6 Å². The molecule has 28 heavy (non-hydrogen) atoms. The maximum absolute atomic E-state index is 13.3. The van der Waals surface area contributed by atoms with Crippen LogP contribution < -0.4 is 9.96 Å². The summed E-state index contributed by atoms with van der Waals surface area (Å²) in [6.45, 7) is 0. The fraction of sp³-hybridized carbons (Fsp3) is 0.143. The summed E-state index contributed by atoms with van der Waals surface area (Å²) >= 11 is 5.93. The third kappa shape index (κ3) is 2.53. The van der Waals surface area contributed by atoms with E-state index in [9.17, 15) is 9.59 Å². The number of fused-ring (bicyclic) bond motifs is 1. The van der Waals surface area contributed by atoms with Crippen LogP contribution in [0.4, 0.5) is 11.4 Å². The van der Waals surface area contributed by atoms with Gasteiger partial charge in [0.2, 0.25) is 5.91 Å². The lowest BCUT2D eigenvalue weighted by atomic mass is 9.94. The van der Waals surface area contributed by atoms with Crippen LogP contribution in [0.5, 0.6) is 0 Å². The van der Waals surface area contributed by atoms with Crippen molar-refractivity contribution >= 4 is 34.8 Å². The molecule has 5 rings (SSSR count). The van der Waals surface area contributed by atoms with Crippen LogP contribution in [0.25, 0.3) is 0 Å². The van der Waals surface area contributed by atoms with E-state index in [0.717, 1.165) is 5.69 Å². The molecule has 2 fully saturated rings. The van der Waals surface area contributed by atoms with Gasteiger partial charge >= 0.3 is 0 Å². The van der Waals surface area contributed by atoms with Gasteiger partial charge in [-0.2, -0.15) is 0 Å². The van der Waals surface area contributed by atoms with Crippen molar-refractivity contribution in [1.29, 1.82) is 0 Å². The number of rotatable bonds is 3. The van der Waals surface area contributed by atoms with Gasteiger partial charge in [-0.3, -0.25) is 14.4 Å². The van der Waals surface area contributed by atoms with Gasteiger partial charge in [-0.15, -0.1) is 0 Å². The zero-order chi connectivity index (χ0) is 19.3. The largest absolute Gasteiger partial charge is 0.467 e. The number of anilines is 2. The second-order valence-electron chi connectivity index (χ2n) is 6.66. The van der Waals surface area contributed by atoms with Gasteiger partial charge < -0.3 is 4.42 Å². The van der Waals surface area contributed by atoms with Gasteiger partial charge in [0, 0.05) is 5.02 Å². The molecule has 3 aromatic rings. The van der Waals surface area contributed by atoms with Crippen LogP contribution in [0.15, 0.2) is 77.4 Å². The molecule has 0 radical (unpaired) electrons. The van der Waals surface area contributed by atoms with Crippen LogP contribution in [0.2, 0.25) is 5.02 Å². The average Bonchev–Trinajstić information content (AvgIpc) is 3.42. The number of amides is 2. The van der Waals surface area contributed by atoms with Gasteiger partial charge in [0.15, 0.2) is 6.10 Å². The van der Waals surface area contributed by atoms with Crippen LogP contribution in [0, 0.1) is 5.92 Å². The van der Waals surface area contributed by atoms with Gasteiger partial charge in [-0.25, -0.2) is 9.96 Å². The summed E-state index contributed by atoms with van der Waals surface area (Å²) in [6, 6.07) is 18.9. The fourth-order valence-corrected chi connectivity index (χ4v) is 3.93. The monoisotopic (exact) mass is 394 g/mol. The molecule has 140 valence electrons. The summed E-state index contributed by atoms with van der Waals surface area (Å²) in [5, 5.41) is 2.13. The van der Waals surface area contributed by atoms with Crippen molar-refractivity contribution in [3.63, 3.8) is 0 Å². The van der Waals surface area contributed by atoms with Gasteiger partial charge in [0.25, 0.3) is 5.91 Å². The van der Waals surface area contributed by atoms with Crippen molar-refractivity contribution in [2.24, 2.45) is 5.92 Å². The summed E-state index contributed by atoms with van der Waals surface area (Å²) in [5.74, 6) is -0.866. The summed E-state index contributed by atoms with van der Waals surface area (Å²) in [4.78, 5) is 33.5. The molecule has 0 saturated carbocycles. The minimum atomic E-state index is -0.918. The Bertz CT molecular complexity index is 1020. The summed E-state index contributed by atoms with van der Waals surface area (Å²) in [6.07, 6.45) is 0.628. The number of nitrogens with zero attached hydrogens (tertiary/aromatic N) is 2. The molecule has 2 amide bonds. The first kappa shape index (κ1) is 17.0. The topological polar surface area (TPSA) is 63.0 Å². The molecule has 7 heteroatoms. The molecule has 0 aliphatic carbocycles. The molecule has 2 aromatic carbocycles. The number of carbonyl (C=O) groups excluding carboxylic acids is 2. The second kappa shape index (κ2) is 6.51. The summed E-state index contributed by atoms with van der Waals surface area (Å²) in [5.41, 5.74) is 1.22.